The first-order valence-electron chi connectivity index (χ1n) is 2.88. The molecule has 2 unspecified atom stereocenters. The Labute approximate surface area is 60.9 Å². The second-order valence-corrected chi connectivity index (χ2v) is 3.93. The molecule has 0 aliphatic carbocycles. The topological polar surface area (TPSA) is 63.6 Å². The molecule has 0 amide bonds. The first kappa shape index (κ1) is 9.87. The van der Waals surface area contributed by atoms with Gasteiger partial charge in [0.25, 0.3) is 10.1 Å². The molecule has 0 heterocycles. The van der Waals surface area contributed by atoms with Crippen molar-refractivity contribution in [2.45, 2.75) is 25.2 Å². The van der Waals surface area contributed by atoms with Crippen LogP contribution in [0.25, 0.3) is 0 Å². The van der Waals surface area contributed by atoms with Crippen molar-refractivity contribution < 1.29 is 17.7 Å². The van der Waals surface area contributed by atoms with Gasteiger partial charge in [-0.15, -0.1) is 0 Å². The number of ether oxygens (including phenoxy) is 1. The Morgan fingerprint density at radius 3 is 1.90 bits per heavy atom. The Balaban J connectivity index is 4.23. The van der Waals surface area contributed by atoms with Gasteiger partial charge in [0.05, 0.1) is 6.10 Å². The lowest BCUT2D eigenvalue weighted by atomic mass is 10.3. The monoisotopic (exact) mass is 168 g/mol. The average Bonchev–Trinajstić information content (AvgIpc) is 1.83. The molecule has 0 aromatic heterocycles. The molecule has 0 radical (unpaired) electrons. The molecule has 0 rings (SSSR count). The number of hydrogen-bond acceptors (Lipinski definition) is 3. The molecule has 4 nitrogen and oxygen atoms in total. The maximum Gasteiger partial charge on any atom is 0.270 e. The van der Waals surface area contributed by atoms with Crippen molar-refractivity contribution in [3.05, 3.63) is 0 Å². The third kappa shape index (κ3) is 2.64. The molecule has 0 aromatic carbocycles. The van der Waals surface area contributed by atoms with Crippen LogP contribution in [0.4, 0.5) is 0 Å². The Bertz CT molecular complexity index is 184. The van der Waals surface area contributed by atoms with Crippen LogP contribution >= 0.6 is 0 Å². The van der Waals surface area contributed by atoms with Gasteiger partial charge < -0.3 is 4.74 Å². The molecular weight excluding hydrogens is 156 g/mol. The number of rotatable bonds is 3. The Kier molecular flexibility index (Phi) is 3.27. The number of methoxy groups -OCH3 is 1. The van der Waals surface area contributed by atoms with Crippen molar-refractivity contribution in [3.8, 4) is 0 Å². The fourth-order valence-electron chi connectivity index (χ4n) is 0.434. The van der Waals surface area contributed by atoms with Crippen molar-refractivity contribution in [3.63, 3.8) is 0 Å². The van der Waals surface area contributed by atoms with Gasteiger partial charge in [-0.25, -0.2) is 0 Å². The molecule has 10 heavy (non-hydrogen) atoms. The van der Waals surface area contributed by atoms with E-state index in [9.17, 15) is 8.42 Å². The van der Waals surface area contributed by atoms with Gasteiger partial charge in [0, 0.05) is 7.11 Å². The van der Waals surface area contributed by atoms with Crippen LogP contribution in [0.3, 0.4) is 0 Å². The lowest BCUT2D eigenvalue weighted by Gasteiger charge is -2.14. The predicted octanol–water partition coefficient (Wildman–Crippen LogP) is 0.298. The average molecular weight is 168 g/mol. The Hall–Kier alpha value is -0.130. The highest BCUT2D eigenvalue weighted by Crippen LogP contribution is 2.05. The second kappa shape index (κ2) is 3.32. The van der Waals surface area contributed by atoms with E-state index in [4.69, 9.17) is 9.29 Å². The summed E-state index contributed by atoms with van der Waals surface area (Å²) < 4.78 is 34.0. The smallest absolute Gasteiger partial charge is 0.270 e. The summed E-state index contributed by atoms with van der Waals surface area (Å²) in [4.78, 5) is 0. The summed E-state index contributed by atoms with van der Waals surface area (Å²) in [5.74, 6) is 0. The van der Waals surface area contributed by atoms with Gasteiger partial charge in [-0.05, 0) is 13.8 Å². The number of hydrogen-bond donors (Lipinski definition) is 1. The highest BCUT2D eigenvalue weighted by Gasteiger charge is 2.23. The van der Waals surface area contributed by atoms with Gasteiger partial charge in [-0.3, -0.25) is 4.55 Å². The summed E-state index contributed by atoms with van der Waals surface area (Å²) in [7, 11) is -2.54. The summed E-state index contributed by atoms with van der Waals surface area (Å²) >= 11 is 0. The zero-order valence-corrected chi connectivity index (χ0v) is 7.05. The van der Waals surface area contributed by atoms with E-state index >= 15 is 0 Å². The largest absolute Gasteiger partial charge is 0.380 e. The summed E-state index contributed by atoms with van der Waals surface area (Å²) in [6.45, 7) is 2.97. The van der Waals surface area contributed by atoms with Crippen molar-refractivity contribution >= 4 is 10.1 Å². The lowest BCUT2D eigenvalue weighted by Crippen LogP contribution is -2.29. The SMILES string of the molecule is COC(C)C(C)S(=O)(=O)O. The van der Waals surface area contributed by atoms with Gasteiger partial charge in [0.2, 0.25) is 0 Å². The molecule has 0 fully saturated rings. The van der Waals surface area contributed by atoms with E-state index in [1.54, 1.807) is 6.92 Å². The molecule has 0 saturated carbocycles. The first-order chi connectivity index (χ1) is 4.39. The van der Waals surface area contributed by atoms with E-state index < -0.39 is 21.5 Å². The predicted molar refractivity (Wildman–Crippen MR) is 37.5 cm³/mol. The zero-order chi connectivity index (χ0) is 8.36. The van der Waals surface area contributed by atoms with E-state index in [1.165, 1.54) is 14.0 Å². The van der Waals surface area contributed by atoms with Gasteiger partial charge in [0.15, 0.2) is 0 Å². The van der Waals surface area contributed by atoms with Crippen LogP contribution in [0, 0.1) is 0 Å². The van der Waals surface area contributed by atoms with Crippen LogP contribution in [0.1, 0.15) is 13.8 Å². The molecule has 5 heteroatoms. The van der Waals surface area contributed by atoms with E-state index in [0.29, 0.717) is 0 Å². The zero-order valence-electron chi connectivity index (χ0n) is 6.23. The maximum atomic E-state index is 10.4. The Morgan fingerprint density at radius 1 is 1.40 bits per heavy atom. The van der Waals surface area contributed by atoms with E-state index in [1.807, 2.05) is 0 Å². The molecule has 1 N–H and O–H groups in total. The van der Waals surface area contributed by atoms with Crippen LogP contribution in [0.15, 0.2) is 0 Å². The molecule has 0 spiro atoms. The third-order valence-electron chi connectivity index (χ3n) is 1.50. The molecule has 2 atom stereocenters. The van der Waals surface area contributed by atoms with Crippen LogP contribution < -0.4 is 0 Å². The van der Waals surface area contributed by atoms with Gasteiger partial charge >= 0.3 is 0 Å². The molecule has 0 aromatic rings. The van der Waals surface area contributed by atoms with Crippen molar-refractivity contribution in [1.29, 1.82) is 0 Å². The van der Waals surface area contributed by atoms with Gasteiger partial charge in [-0.2, -0.15) is 8.42 Å². The van der Waals surface area contributed by atoms with Gasteiger partial charge in [0.1, 0.15) is 5.25 Å². The minimum absolute atomic E-state index is 0.477. The maximum absolute atomic E-state index is 10.4. The van der Waals surface area contributed by atoms with Crippen LogP contribution in [-0.4, -0.2) is 31.4 Å². The van der Waals surface area contributed by atoms with E-state index in [2.05, 4.69) is 0 Å². The van der Waals surface area contributed by atoms with Crippen molar-refractivity contribution in [2.24, 2.45) is 0 Å². The fraction of sp³-hybridized carbons (Fsp3) is 1.00. The highest BCUT2D eigenvalue weighted by molar-refractivity contribution is 7.86. The molecule has 0 aliphatic rings. The molecule has 0 bridgehead atoms. The summed E-state index contributed by atoms with van der Waals surface area (Å²) in [5, 5.41) is -0.863. The van der Waals surface area contributed by atoms with Crippen molar-refractivity contribution in [2.75, 3.05) is 7.11 Å². The van der Waals surface area contributed by atoms with Crippen LogP contribution in [-0.2, 0) is 14.9 Å². The minimum atomic E-state index is -3.94. The molecule has 0 saturated heterocycles. The fourth-order valence-corrected chi connectivity index (χ4v) is 1.03. The molecule has 62 valence electrons. The lowest BCUT2D eigenvalue weighted by molar-refractivity contribution is 0.115. The first-order valence-corrected chi connectivity index (χ1v) is 4.39. The minimum Gasteiger partial charge on any atom is -0.380 e. The van der Waals surface area contributed by atoms with E-state index in [0.717, 1.165) is 0 Å². The molecule has 0 aliphatic heterocycles. The van der Waals surface area contributed by atoms with Gasteiger partial charge in [-0.1, -0.05) is 0 Å². The standard InChI is InChI=1S/C5H12O4S/c1-4(9-3)5(2)10(6,7)8/h4-5H,1-3H3,(H,6,7,8). The second-order valence-electron chi connectivity index (χ2n) is 2.16. The summed E-state index contributed by atoms with van der Waals surface area (Å²) in [5.41, 5.74) is 0. The van der Waals surface area contributed by atoms with Crippen LogP contribution in [0.2, 0.25) is 0 Å². The summed E-state index contributed by atoms with van der Waals surface area (Å²) in [6, 6.07) is 0. The summed E-state index contributed by atoms with van der Waals surface area (Å²) in [6.07, 6.45) is -0.477. The molecular formula is C5H12O4S. The van der Waals surface area contributed by atoms with Crippen LogP contribution in [0.5, 0.6) is 0 Å². The highest BCUT2D eigenvalue weighted by atomic mass is 32.2. The van der Waals surface area contributed by atoms with Crippen molar-refractivity contribution in [1.82, 2.24) is 0 Å². The normalized spacial score (nSPS) is 18.4. The van der Waals surface area contributed by atoms with E-state index in [-0.39, 0.29) is 0 Å². The Morgan fingerprint density at radius 2 is 1.80 bits per heavy atom. The quantitative estimate of drug-likeness (QED) is 0.615. The third-order valence-corrected chi connectivity index (χ3v) is 2.83.